The van der Waals surface area contributed by atoms with Crippen LogP contribution in [0, 0.1) is 34.0 Å². The van der Waals surface area contributed by atoms with Crippen LogP contribution in [0.5, 0.6) is 0 Å². The van der Waals surface area contributed by atoms with Gasteiger partial charge in [0.2, 0.25) is 5.91 Å². The van der Waals surface area contributed by atoms with E-state index in [0.717, 1.165) is 0 Å². The van der Waals surface area contributed by atoms with Crippen LogP contribution < -0.4 is 5.73 Å². The summed E-state index contributed by atoms with van der Waals surface area (Å²) in [7, 11) is 0. The maximum Gasteiger partial charge on any atom is 0.250 e. The van der Waals surface area contributed by atoms with Gasteiger partial charge in [-0.15, -0.1) is 0 Å². The largest absolute Gasteiger partial charge is 0.366 e. The molecule has 0 radical (unpaired) electrons. The molecule has 0 aliphatic carbocycles. The Morgan fingerprint density at radius 2 is 1.14 bits per heavy atom. The molecule has 0 aliphatic rings. The van der Waals surface area contributed by atoms with E-state index in [-0.39, 0.29) is 5.56 Å². The molecule has 0 saturated heterocycles. The van der Waals surface area contributed by atoms with Crippen LogP contribution in [0.4, 0.5) is 0 Å². The molecule has 2 aromatic rings. The number of amides is 1. The van der Waals surface area contributed by atoms with Gasteiger partial charge in [0, 0.05) is 0 Å². The maximum absolute atomic E-state index is 10.7. The summed E-state index contributed by atoms with van der Waals surface area (Å²) in [5.74, 6) is -0.567. The zero-order chi connectivity index (χ0) is 15.7. The third-order valence-electron chi connectivity index (χ3n) is 2.48. The van der Waals surface area contributed by atoms with Crippen LogP contribution in [0.2, 0.25) is 0 Å². The first-order chi connectivity index (χ1) is 10.1. The van der Waals surface area contributed by atoms with Gasteiger partial charge in [-0.3, -0.25) is 4.79 Å². The van der Waals surface area contributed by atoms with Crippen molar-refractivity contribution in [3.05, 3.63) is 70.8 Å². The first-order valence-electron chi connectivity index (χ1n) is 5.82. The summed E-state index contributed by atoms with van der Waals surface area (Å²) in [6, 6.07) is 18.9. The fourth-order valence-corrected chi connectivity index (χ4v) is 1.47. The summed E-state index contributed by atoms with van der Waals surface area (Å²) in [4.78, 5) is 10.7. The molecule has 0 heterocycles. The number of nitrogens with zero attached hydrogens (tertiary/aromatic N) is 3. The SMILES string of the molecule is N#Cc1ccccc1C#N.N#Cc1ccccc1C(N)=O. The van der Waals surface area contributed by atoms with E-state index in [2.05, 4.69) is 0 Å². The van der Waals surface area contributed by atoms with Crippen molar-refractivity contribution < 1.29 is 4.79 Å². The molecule has 5 nitrogen and oxygen atoms in total. The fourth-order valence-electron chi connectivity index (χ4n) is 1.47. The van der Waals surface area contributed by atoms with Gasteiger partial charge in [0.05, 0.1) is 28.3 Å². The molecule has 0 aliphatic heterocycles. The number of hydrogen-bond acceptors (Lipinski definition) is 4. The summed E-state index contributed by atoms with van der Waals surface area (Å²) in [5.41, 5.74) is 6.46. The van der Waals surface area contributed by atoms with Crippen LogP contribution in [0.15, 0.2) is 48.5 Å². The minimum atomic E-state index is -0.567. The molecule has 5 heteroatoms. The second-order valence-electron chi connectivity index (χ2n) is 3.79. The smallest absolute Gasteiger partial charge is 0.250 e. The number of primary amides is 1. The van der Waals surface area contributed by atoms with Gasteiger partial charge in [-0.2, -0.15) is 15.8 Å². The molecule has 100 valence electrons. The Balaban J connectivity index is 0.000000211. The van der Waals surface area contributed by atoms with Gasteiger partial charge in [-0.1, -0.05) is 24.3 Å². The third kappa shape index (κ3) is 4.21. The summed E-state index contributed by atoms with van der Waals surface area (Å²) in [6.07, 6.45) is 0. The molecular weight excluding hydrogens is 264 g/mol. The number of hydrogen-bond donors (Lipinski definition) is 1. The highest BCUT2D eigenvalue weighted by atomic mass is 16.1. The zero-order valence-electron chi connectivity index (χ0n) is 10.9. The minimum Gasteiger partial charge on any atom is -0.366 e. The molecule has 0 saturated carbocycles. The number of carbonyl (C=O) groups excluding carboxylic acids is 1. The van der Waals surface area contributed by atoms with E-state index in [1.807, 2.05) is 18.2 Å². The monoisotopic (exact) mass is 274 g/mol. The van der Waals surface area contributed by atoms with E-state index in [1.165, 1.54) is 6.07 Å². The van der Waals surface area contributed by atoms with Gasteiger partial charge in [0.25, 0.3) is 0 Å². The molecule has 0 bridgehead atoms. The minimum absolute atomic E-state index is 0.273. The average Bonchev–Trinajstić information content (AvgIpc) is 2.55. The number of rotatable bonds is 1. The van der Waals surface area contributed by atoms with Crippen LogP contribution in [0.1, 0.15) is 27.0 Å². The molecule has 2 aromatic carbocycles. The Morgan fingerprint density at radius 1 is 0.762 bits per heavy atom. The molecule has 0 fully saturated rings. The summed E-state index contributed by atoms with van der Waals surface area (Å²) >= 11 is 0. The van der Waals surface area contributed by atoms with E-state index >= 15 is 0 Å². The highest BCUT2D eigenvalue weighted by Crippen LogP contribution is 2.05. The lowest BCUT2D eigenvalue weighted by molar-refractivity contribution is 0.1000. The fraction of sp³-hybridized carbons (Fsp3) is 0. The molecule has 0 atom stereocenters. The Morgan fingerprint density at radius 3 is 1.48 bits per heavy atom. The van der Waals surface area contributed by atoms with Gasteiger partial charge in [-0.05, 0) is 24.3 Å². The van der Waals surface area contributed by atoms with Crippen LogP contribution in [0.25, 0.3) is 0 Å². The summed E-state index contributed by atoms with van der Waals surface area (Å²) in [5, 5.41) is 25.4. The lowest BCUT2D eigenvalue weighted by Crippen LogP contribution is -2.12. The van der Waals surface area contributed by atoms with Gasteiger partial charge in [0.1, 0.15) is 12.1 Å². The molecule has 0 spiro atoms. The number of benzene rings is 2. The molecule has 2 N–H and O–H groups in total. The molecule has 0 aromatic heterocycles. The van der Waals surface area contributed by atoms with Gasteiger partial charge < -0.3 is 5.73 Å². The van der Waals surface area contributed by atoms with Crippen molar-refractivity contribution in [3.8, 4) is 18.2 Å². The normalized spacial score (nSPS) is 8.24. The van der Waals surface area contributed by atoms with Crippen LogP contribution >= 0.6 is 0 Å². The maximum atomic E-state index is 10.7. The van der Waals surface area contributed by atoms with E-state index in [9.17, 15) is 4.79 Å². The predicted molar refractivity (Wildman–Crippen MR) is 75.5 cm³/mol. The topological polar surface area (TPSA) is 114 Å². The number of nitriles is 3. The van der Waals surface area contributed by atoms with Crippen molar-refractivity contribution in [2.45, 2.75) is 0 Å². The number of carbonyl (C=O) groups is 1. The van der Waals surface area contributed by atoms with E-state index in [4.69, 9.17) is 21.5 Å². The lowest BCUT2D eigenvalue weighted by Gasteiger charge is -1.95. The molecule has 21 heavy (non-hydrogen) atoms. The van der Waals surface area contributed by atoms with Crippen molar-refractivity contribution in [2.24, 2.45) is 5.73 Å². The highest BCUT2D eigenvalue weighted by Gasteiger charge is 2.04. The molecule has 1 amide bonds. The van der Waals surface area contributed by atoms with Crippen LogP contribution in [0.3, 0.4) is 0 Å². The van der Waals surface area contributed by atoms with Crippen molar-refractivity contribution in [2.75, 3.05) is 0 Å². The van der Waals surface area contributed by atoms with Crippen LogP contribution in [-0.4, -0.2) is 5.91 Å². The molecule has 0 unspecified atom stereocenters. The van der Waals surface area contributed by atoms with Crippen LogP contribution in [-0.2, 0) is 0 Å². The van der Waals surface area contributed by atoms with Gasteiger partial charge in [0.15, 0.2) is 0 Å². The average molecular weight is 274 g/mol. The zero-order valence-corrected chi connectivity index (χ0v) is 10.9. The Bertz CT molecular complexity index is 743. The van der Waals surface area contributed by atoms with Crippen molar-refractivity contribution >= 4 is 5.91 Å². The van der Waals surface area contributed by atoms with E-state index in [0.29, 0.717) is 16.7 Å². The predicted octanol–water partition coefficient (Wildman–Crippen LogP) is 2.09. The van der Waals surface area contributed by atoms with Crippen molar-refractivity contribution in [1.29, 1.82) is 15.8 Å². The first kappa shape index (κ1) is 15.4. The second-order valence-corrected chi connectivity index (χ2v) is 3.79. The summed E-state index contributed by atoms with van der Waals surface area (Å²) in [6.45, 7) is 0. The third-order valence-corrected chi connectivity index (χ3v) is 2.48. The van der Waals surface area contributed by atoms with Crippen molar-refractivity contribution in [1.82, 2.24) is 0 Å². The quantitative estimate of drug-likeness (QED) is 0.857. The summed E-state index contributed by atoms with van der Waals surface area (Å²) < 4.78 is 0. The first-order valence-corrected chi connectivity index (χ1v) is 5.82. The number of nitrogens with two attached hydrogens (primary N) is 1. The van der Waals surface area contributed by atoms with E-state index in [1.54, 1.807) is 42.5 Å². The lowest BCUT2D eigenvalue weighted by atomic mass is 10.1. The second kappa shape index (κ2) is 7.74. The Hall–Kier alpha value is -3.62. The standard InChI is InChI=1S/C8H6N2O.C8H4N2/c9-5-6-3-1-2-4-7(6)8(10)11;9-5-7-3-1-2-4-8(7)6-10/h1-4H,(H2,10,11);1-4H. The van der Waals surface area contributed by atoms with E-state index < -0.39 is 5.91 Å². The van der Waals surface area contributed by atoms with Gasteiger partial charge in [-0.25, -0.2) is 0 Å². The van der Waals surface area contributed by atoms with Gasteiger partial charge >= 0.3 is 0 Å². The Labute approximate surface area is 122 Å². The molecular formula is C16H10N4O. The van der Waals surface area contributed by atoms with Crippen molar-refractivity contribution in [3.63, 3.8) is 0 Å². The molecule has 2 rings (SSSR count). The Kier molecular flexibility index (Phi) is 5.69. The highest BCUT2D eigenvalue weighted by molar-refractivity contribution is 5.95.